The zero-order valence-electron chi connectivity index (χ0n) is 10.5. The van der Waals surface area contributed by atoms with Crippen LogP contribution in [0.3, 0.4) is 0 Å². The molecule has 1 atom stereocenters. The number of rotatable bonds is 4. The summed E-state index contributed by atoms with van der Waals surface area (Å²) >= 11 is 0. The van der Waals surface area contributed by atoms with E-state index in [4.69, 9.17) is 4.74 Å². The molecule has 0 N–H and O–H groups in total. The van der Waals surface area contributed by atoms with Gasteiger partial charge in [0.05, 0.1) is 6.04 Å². The van der Waals surface area contributed by atoms with Gasteiger partial charge in [0.2, 0.25) is 6.41 Å². The van der Waals surface area contributed by atoms with Crippen molar-refractivity contribution >= 4 is 6.41 Å². The molecule has 0 spiro atoms. The lowest BCUT2D eigenvalue weighted by Gasteiger charge is -2.21. The third kappa shape index (κ3) is 2.60. The first-order chi connectivity index (χ1) is 8.22. The lowest BCUT2D eigenvalue weighted by Crippen LogP contribution is -2.33. The van der Waals surface area contributed by atoms with Crippen molar-refractivity contribution in [2.45, 2.75) is 32.7 Å². The SMILES string of the molecule is Cc1cccc(C)c1OC[C@@H]1CCCN1C=O. The largest absolute Gasteiger partial charge is 0.491 e. The fourth-order valence-corrected chi connectivity index (χ4v) is 2.38. The average molecular weight is 233 g/mol. The molecule has 1 fully saturated rings. The summed E-state index contributed by atoms with van der Waals surface area (Å²) in [6.45, 7) is 5.57. The summed E-state index contributed by atoms with van der Waals surface area (Å²) in [5.41, 5.74) is 2.31. The molecule has 1 aliphatic heterocycles. The molecule has 0 aliphatic carbocycles. The number of hydrogen-bond donors (Lipinski definition) is 0. The molecular formula is C14H19NO2. The molecule has 92 valence electrons. The van der Waals surface area contributed by atoms with Crippen LogP contribution in [0.5, 0.6) is 5.75 Å². The van der Waals surface area contributed by atoms with E-state index in [1.54, 1.807) is 0 Å². The molecule has 0 aromatic heterocycles. The molecule has 0 unspecified atom stereocenters. The Morgan fingerprint density at radius 2 is 2.12 bits per heavy atom. The third-order valence-electron chi connectivity index (χ3n) is 3.39. The normalized spacial score (nSPS) is 19.4. The van der Waals surface area contributed by atoms with Gasteiger partial charge in [0.1, 0.15) is 12.4 Å². The zero-order valence-corrected chi connectivity index (χ0v) is 10.5. The Labute approximate surface area is 102 Å². The van der Waals surface area contributed by atoms with E-state index in [1.165, 1.54) is 0 Å². The highest BCUT2D eigenvalue weighted by molar-refractivity contribution is 5.48. The molecule has 2 rings (SSSR count). The second-order valence-corrected chi connectivity index (χ2v) is 4.67. The Kier molecular flexibility index (Phi) is 3.67. The minimum Gasteiger partial charge on any atom is -0.491 e. The van der Waals surface area contributed by atoms with Gasteiger partial charge in [0.25, 0.3) is 0 Å². The van der Waals surface area contributed by atoms with E-state index < -0.39 is 0 Å². The Hall–Kier alpha value is -1.51. The highest BCUT2D eigenvalue weighted by atomic mass is 16.5. The Morgan fingerprint density at radius 3 is 2.76 bits per heavy atom. The summed E-state index contributed by atoms with van der Waals surface area (Å²) in [6.07, 6.45) is 3.06. The average Bonchev–Trinajstić information content (AvgIpc) is 2.76. The number of nitrogens with zero attached hydrogens (tertiary/aromatic N) is 1. The molecule has 1 aromatic carbocycles. The van der Waals surface area contributed by atoms with Gasteiger partial charge in [-0.3, -0.25) is 4.79 Å². The topological polar surface area (TPSA) is 29.5 Å². The van der Waals surface area contributed by atoms with Crippen molar-refractivity contribution in [3.63, 3.8) is 0 Å². The maximum absolute atomic E-state index is 10.8. The number of aryl methyl sites for hydroxylation is 2. The van der Waals surface area contributed by atoms with Crippen LogP contribution in [0.15, 0.2) is 18.2 Å². The number of carbonyl (C=O) groups excluding carboxylic acids is 1. The molecule has 1 heterocycles. The third-order valence-corrected chi connectivity index (χ3v) is 3.39. The molecule has 0 saturated carbocycles. The number of carbonyl (C=O) groups is 1. The van der Waals surface area contributed by atoms with Crippen molar-refractivity contribution in [1.82, 2.24) is 4.90 Å². The molecule has 0 radical (unpaired) electrons. The molecule has 1 amide bonds. The Bertz CT molecular complexity index is 383. The number of benzene rings is 1. The van der Waals surface area contributed by atoms with Gasteiger partial charge >= 0.3 is 0 Å². The van der Waals surface area contributed by atoms with Crippen molar-refractivity contribution in [1.29, 1.82) is 0 Å². The standard InChI is InChI=1S/C14H19NO2/c1-11-5-3-6-12(2)14(11)17-9-13-7-4-8-15(13)10-16/h3,5-6,10,13H,4,7-9H2,1-2H3/t13-/m0/s1. The smallest absolute Gasteiger partial charge is 0.210 e. The predicted octanol–water partition coefficient (Wildman–Crippen LogP) is 2.30. The van der Waals surface area contributed by atoms with Gasteiger partial charge in [-0.1, -0.05) is 18.2 Å². The highest BCUT2D eigenvalue weighted by Crippen LogP contribution is 2.24. The minimum atomic E-state index is 0.242. The van der Waals surface area contributed by atoms with Crippen LogP contribution in [0.25, 0.3) is 0 Å². The zero-order chi connectivity index (χ0) is 12.3. The van der Waals surface area contributed by atoms with Gasteiger partial charge in [-0.05, 0) is 37.8 Å². The highest BCUT2D eigenvalue weighted by Gasteiger charge is 2.23. The van der Waals surface area contributed by atoms with Crippen molar-refractivity contribution in [2.24, 2.45) is 0 Å². The lowest BCUT2D eigenvalue weighted by atomic mass is 10.1. The van der Waals surface area contributed by atoms with Gasteiger partial charge < -0.3 is 9.64 Å². The van der Waals surface area contributed by atoms with Crippen molar-refractivity contribution in [2.75, 3.05) is 13.2 Å². The molecule has 0 bridgehead atoms. The quantitative estimate of drug-likeness (QED) is 0.747. The van der Waals surface area contributed by atoms with E-state index in [0.717, 1.165) is 42.7 Å². The number of ether oxygens (including phenoxy) is 1. The van der Waals surface area contributed by atoms with Crippen LogP contribution in [0.2, 0.25) is 0 Å². The second-order valence-electron chi connectivity index (χ2n) is 4.67. The second kappa shape index (κ2) is 5.21. The summed E-state index contributed by atoms with van der Waals surface area (Å²) in [4.78, 5) is 12.7. The summed E-state index contributed by atoms with van der Waals surface area (Å²) in [7, 11) is 0. The minimum absolute atomic E-state index is 0.242. The summed E-state index contributed by atoms with van der Waals surface area (Å²) < 4.78 is 5.88. The van der Waals surface area contributed by atoms with Gasteiger partial charge in [0, 0.05) is 6.54 Å². The molecule has 17 heavy (non-hydrogen) atoms. The summed E-state index contributed by atoms with van der Waals surface area (Å²) in [5.74, 6) is 0.963. The van der Waals surface area contributed by atoms with E-state index in [0.29, 0.717) is 6.61 Å². The van der Waals surface area contributed by atoms with Crippen molar-refractivity contribution in [3.8, 4) is 5.75 Å². The van der Waals surface area contributed by atoms with E-state index in [2.05, 4.69) is 26.0 Å². The number of hydrogen-bond acceptors (Lipinski definition) is 2. The first kappa shape index (κ1) is 12.0. The van der Waals surface area contributed by atoms with Gasteiger partial charge in [-0.15, -0.1) is 0 Å². The van der Waals surface area contributed by atoms with Crippen LogP contribution >= 0.6 is 0 Å². The number of likely N-dealkylation sites (tertiary alicyclic amines) is 1. The van der Waals surface area contributed by atoms with Gasteiger partial charge in [-0.25, -0.2) is 0 Å². The maximum Gasteiger partial charge on any atom is 0.210 e. The summed E-state index contributed by atoms with van der Waals surface area (Å²) in [5, 5.41) is 0. The number of amides is 1. The molecule has 1 saturated heterocycles. The van der Waals surface area contributed by atoms with E-state index in [1.807, 2.05) is 11.0 Å². The van der Waals surface area contributed by atoms with E-state index >= 15 is 0 Å². The molecular weight excluding hydrogens is 214 g/mol. The van der Waals surface area contributed by atoms with Crippen molar-refractivity contribution in [3.05, 3.63) is 29.3 Å². The van der Waals surface area contributed by atoms with Crippen LogP contribution in [0.4, 0.5) is 0 Å². The van der Waals surface area contributed by atoms with Gasteiger partial charge in [0.15, 0.2) is 0 Å². The lowest BCUT2D eigenvalue weighted by molar-refractivity contribution is -0.119. The molecule has 1 aliphatic rings. The first-order valence-corrected chi connectivity index (χ1v) is 6.12. The fourth-order valence-electron chi connectivity index (χ4n) is 2.38. The van der Waals surface area contributed by atoms with Crippen LogP contribution < -0.4 is 4.74 Å². The van der Waals surface area contributed by atoms with Crippen LogP contribution in [0.1, 0.15) is 24.0 Å². The molecule has 3 nitrogen and oxygen atoms in total. The predicted molar refractivity (Wildman–Crippen MR) is 67.2 cm³/mol. The van der Waals surface area contributed by atoms with Gasteiger partial charge in [-0.2, -0.15) is 0 Å². The Balaban J connectivity index is 2.00. The molecule has 1 aromatic rings. The first-order valence-electron chi connectivity index (χ1n) is 6.12. The van der Waals surface area contributed by atoms with Crippen LogP contribution in [-0.2, 0) is 4.79 Å². The van der Waals surface area contributed by atoms with Crippen LogP contribution in [-0.4, -0.2) is 30.5 Å². The maximum atomic E-state index is 10.8. The molecule has 3 heteroatoms. The summed E-state index contributed by atoms with van der Waals surface area (Å²) in [6, 6.07) is 6.37. The number of para-hydroxylation sites is 1. The van der Waals surface area contributed by atoms with E-state index in [9.17, 15) is 4.79 Å². The van der Waals surface area contributed by atoms with E-state index in [-0.39, 0.29) is 6.04 Å². The monoisotopic (exact) mass is 233 g/mol. The van der Waals surface area contributed by atoms with Crippen molar-refractivity contribution < 1.29 is 9.53 Å². The van der Waals surface area contributed by atoms with Crippen LogP contribution in [0, 0.1) is 13.8 Å². The fraction of sp³-hybridized carbons (Fsp3) is 0.500. The Morgan fingerprint density at radius 1 is 1.41 bits per heavy atom.